The number of para-hydroxylation sites is 2. The Morgan fingerprint density at radius 2 is 1.52 bits per heavy atom. The van der Waals surface area contributed by atoms with E-state index in [9.17, 15) is 9.59 Å². The number of amides is 1. The number of nitrogens with one attached hydrogen (secondary N) is 1. The van der Waals surface area contributed by atoms with Gasteiger partial charge in [-0.25, -0.2) is 0 Å². The Morgan fingerprint density at radius 3 is 2.13 bits per heavy atom. The van der Waals surface area contributed by atoms with Crippen LogP contribution in [0.3, 0.4) is 0 Å². The van der Waals surface area contributed by atoms with Crippen LogP contribution in [-0.4, -0.2) is 32.1 Å². The molecule has 1 heterocycles. The molecule has 0 saturated carbocycles. The minimum absolute atomic E-state index is 0.170. The lowest BCUT2D eigenvalue weighted by Crippen LogP contribution is -2.26. The molecule has 3 aromatic carbocycles. The van der Waals surface area contributed by atoms with Gasteiger partial charge < -0.3 is 19.7 Å². The molecular formula is C24H22N2O4S. The number of ether oxygens (including phenoxy) is 2. The third-order valence-corrected chi connectivity index (χ3v) is 5.94. The fourth-order valence-electron chi connectivity index (χ4n) is 3.31. The van der Waals surface area contributed by atoms with Gasteiger partial charge >= 0.3 is 5.97 Å². The smallest absolute Gasteiger partial charge is 0.308 e. The molecule has 1 amide bonds. The lowest BCUT2D eigenvalue weighted by molar-refractivity contribution is -0.147. The predicted molar refractivity (Wildman–Crippen MR) is 121 cm³/mol. The van der Waals surface area contributed by atoms with Gasteiger partial charge in [0.15, 0.2) is 6.61 Å². The molecule has 0 aromatic heterocycles. The molecule has 1 N–H and O–H groups in total. The lowest BCUT2D eigenvalue weighted by atomic mass is 10.2. The molecule has 1 aliphatic heterocycles. The number of carbonyl (C=O) groups excluding carboxylic acids is 2. The van der Waals surface area contributed by atoms with E-state index in [1.165, 1.54) is 0 Å². The van der Waals surface area contributed by atoms with E-state index in [1.807, 2.05) is 36.4 Å². The van der Waals surface area contributed by atoms with Crippen molar-refractivity contribution in [3.8, 4) is 5.75 Å². The molecule has 6 nitrogen and oxygen atoms in total. The van der Waals surface area contributed by atoms with Crippen molar-refractivity contribution in [3.63, 3.8) is 0 Å². The summed E-state index contributed by atoms with van der Waals surface area (Å²) in [5, 5.41) is 2.70. The second kappa shape index (κ2) is 9.57. The molecule has 0 aliphatic carbocycles. The van der Waals surface area contributed by atoms with Crippen molar-refractivity contribution in [1.82, 2.24) is 0 Å². The maximum atomic E-state index is 12.3. The highest BCUT2D eigenvalue weighted by Crippen LogP contribution is 2.47. The van der Waals surface area contributed by atoms with Gasteiger partial charge in [0.2, 0.25) is 0 Å². The van der Waals surface area contributed by atoms with Crippen molar-refractivity contribution >= 4 is 40.7 Å². The van der Waals surface area contributed by atoms with Crippen LogP contribution < -0.4 is 15.0 Å². The fourth-order valence-corrected chi connectivity index (χ4v) is 4.41. The molecule has 1 aliphatic rings. The Morgan fingerprint density at radius 1 is 0.903 bits per heavy atom. The van der Waals surface area contributed by atoms with Crippen LogP contribution in [0.2, 0.25) is 0 Å². The van der Waals surface area contributed by atoms with Gasteiger partial charge in [-0.05, 0) is 48.5 Å². The maximum Gasteiger partial charge on any atom is 0.308 e. The number of rotatable bonds is 7. The lowest BCUT2D eigenvalue weighted by Gasteiger charge is -2.32. The molecule has 0 fully saturated rings. The van der Waals surface area contributed by atoms with Crippen molar-refractivity contribution in [2.24, 2.45) is 0 Å². The van der Waals surface area contributed by atoms with Crippen molar-refractivity contribution in [3.05, 3.63) is 72.8 Å². The highest BCUT2D eigenvalue weighted by atomic mass is 32.2. The van der Waals surface area contributed by atoms with Crippen LogP contribution in [0, 0.1) is 0 Å². The number of anilines is 3. The van der Waals surface area contributed by atoms with E-state index in [0.717, 1.165) is 21.2 Å². The number of methoxy groups -OCH3 is 1. The van der Waals surface area contributed by atoms with E-state index in [-0.39, 0.29) is 18.9 Å². The van der Waals surface area contributed by atoms with Crippen LogP contribution in [-0.2, 0) is 14.3 Å². The second-order valence-corrected chi connectivity index (χ2v) is 7.96. The molecule has 0 atom stereocenters. The standard InChI is InChI=1S/C24H22N2O4S/c1-29-18-12-10-17(11-13-18)25-23(27)16-30-24(28)14-15-26-19-6-2-4-8-21(19)31-22-9-5-3-7-20(22)26/h2-13H,14-16H2,1H3,(H,25,27). The number of hydrogen-bond acceptors (Lipinski definition) is 6. The molecule has 3 aromatic rings. The van der Waals surface area contributed by atoms with Gasteiger partial charge in [-0.1, -0.05) is 36.0 Å². The Labute approximate surface area is 185 Å². The summed E-state index contributed by atoms with van der Waals surface area (Å²) in [4.78, 5) is 28.8. The molecule has 0 radical (unpaired) electrons. The summed E-state index contributed by atoms with van der Waals surface area (Å²) >= 11 is 1.72. The molecule has 31 heavy (non-hydrogen) atoms. The van der Waals surface area contributed by atoms with E-state index < -0.39 is 5.97 Å². The van der Waals surface area contributed by atoms with Crippen molar-refractivity contribution in [2.75, 3.05) is 30.5 Å². The monoisotopic (exact) mass is 434 g/mol. The Hall–Kier alpha value is -3.45. The molecular weight excluding hydrogens is 412 g/mol. The zero-order valence-electron chi connectivity index (χ0n) is 17.0. The summed E-state index contributed by atoms with van der Waals surface area (Å²) in [7, 11) is 1.58. The van der Waals surface area contributed by atoms with Crippen LogP contribution in [0.5, 0.6) is 5.75 Å². The Bertz CT molecular complexity index is 1040. The topological polar surface area (TPSA) is 67.9 Å². The van der Waals surface area contributed by atoms with Gasteiger partial charge in [-0.2, -0.15) is 0 Å². The second-order valence-electron chi connectivity index (χ2n) is 6.88. The average Bonchev–Trinajstić information content (AvgIpc) is 2.81. The van der Waals surface area contributed by atoms with Crippen molar-refractivity contribution in [1.29, 1.82) is 0 Å². The summed E-state index contributed by atoms with van der Waals surface area (Å²) in [6.45, 7) is 0.140. The number of esters is 1. The summed E-state index contributed by atoms with van der Waals surface area (Å²) in [6.07, 6.45) is 0.170. The Balaban J connectivity index is 1.32. The number of carbonyl (C=O) groups is 2. The van der Waals surface area contributed by atoms with E-state index in [1.54, 1.807) is 43.1 Å². The van der Waals surface area contributed by atoms with Crippen molar-refractivity contribution in [2.45, 2.75) is 16.2 Å². The number of benzene rings is 3. The number of fused-ring (bicyclic) bond motifs is 2. The highest BCUT2D eigenvalue weighted by molar-refractivity contribution is 7.99. The highest BCUT2D eigenvalue weighted by Gasteiger charge is 2.23. The van der Waals surface area contributed by atoms with Crippen LogP contribution >= 0.6 is 11.8 Å². The molecule has 0 spiro atoms. The Kier molecular flexibility index (Phi) is 6.43. The van der Waals surface area contributed by atoms with Gasteiger partial charge in [0, 0.05) is 22.0 Å². The predicted octanol–water partition coefficient (Wildman–Crippen LogP) is 4.87. The number of nitrogens with zero attached hydrogens (tertiary/aromatic N) is 1. The summed E-state index contributed by atoms with van der Waals surface area (Å²) < 4.78 is 10.3. The third kappa shape index (κ3) is 5.00. The molecule has 0 unspecified atom stereocenters. The van der Waals surface area contributed by atoms with E-state index >= 15 is 0 Å². The zero-order chi connectivity index (χ0) is 21.6. The van der Waals surface area contributed by atoms with Crippen LogP contribution in [0.4, 0.5) is 17.1 Å². The largest absolute Gasteiger partial charge is 0.497 e. The fraction of sp³-hybridized carbons (Fsp3) is 0.167. The maximum absolute atomic E-state index is 12.3. The van der Waals surface area contributed by atoms with Gasteiger partial charge in [0.1, 0.15) is 5.75 Å². The first-order chi connectivity index (χ1) is 15.1. The minimum Gasteiger partial charge on any atom is -0.497 e. The molecule has 0 bridgehead atoms. The van der Waals surface area contributed by atoms with E-state index in [4.69, 9.17) is 9.47 Å². The summed E-state index contributed by atoms with van der Waals surface area (Å²) in [6, 6.07) is 23.2. The molecule has 158 valence electrons. The van der Waals surface area contributed by atoms with E-state index in [2.05, 4.69) is 22.3 Å². The molecule has 4 rings (SSSR count). The van der Waals surface area contributed by atoms with Gasteiger partial charge in [-0.3, -0.25) is 9.59 Å². The normalized spacial score (nSPS) is 11.8. The zero-order valence-corrected chi connectivity index (χ0v) is 17.9. The van der Waals surface area contributed by atoms with E-state index in [0.29, 0.717) is 18.0 Å². The SMILES string of the molecule is COc1ccc(NC(=O)COC(=O)CCN2c3ccccc3Sc3ccccc32)cc1. The van der Waals surface area contributed by atoms with Crippen molar-refractivity contribution < 1.29 is 19.1 Å². The average molecular weight is 435 g/mol. The first-order valence-electron chi connectivity index (χ1n) is 9.87. The van der Waals surface area contributed by atoms with Gasteiger partial charge in [0.25, 0.3) is 5.91 Å². The first kappa shape index (κ1) is 20.8. The molecule has 0 saturated heterocycles. The van der Waals surface area contributed by atoms with Crippen LogP contribution in [0.25, 0.3) is 0 Å². The summed E-state index contributed by atoms with van der Waals surface area (Å²) in [5.41, 5.74) is 2.74. The third-order valence-electron chi connectivity index (χ3n) is 4.81. The van der Waals surface area contributed by atoms with Gasteiger partial charge in [-0.15, -0.1) is 0 Å². The summed E-state index contributed by atoms with van der Waals surface area (Å²) in [5.74, 6) is -0.106. The first-order valence-corrected chi connectivity index (χ1v) is 10.7. The van der Waals surface area contributed by atoms with Crippen LogP contribution in [0.1, 0.15) is 6.42 Å². The quantitative estimate of drug-likeness (QED) is 0.535. The van der Waals surface area contributed by atoms with Gasteiger partial charge in [0.05, 0.1) is 24.9 Å². The number of hydrogen-bond donors (Lipinski definition) is 1. The minimum atomic E-state index is -0.418. The molecule has 7 heteroatoms. The van der Waals surface area contributed by atoms with Crippen LogP contribution in [0.15, 0.2) is 82.6 Å².